The lowest BCUT2D eigenvalue weighted by atomic mass is 10.1. The van der Waals surface area contributed by atoms with Gasteiger partial charge in [-0.05, 0) is 20.8 Å². The van der Waals surface area contributed by atoms with Gasteiger partial charge in [-0.1, -0.05) is 0 Å². The molecular formula is C9H15N3OS. The van der Waals surface area contributed by atoms with Crippen LogP contribution >= 0.6 is 11.3 Å². The van der Waals surface area contributed by atoms with Crippen LogP contribution in [0.1, 0.15) is 25.8 Å². The minimum atomic E-state index is -0.353. The number of rotatable bonds is 4. The second kappa shape index (κ2) is 4.06. The van der Waals surface area contributed by atoms with Gasteiger partial charge in [-0.3, -0.25) is 10.1 Å². The van der Waals surface area contributed by atoms with E-state index in [2.05, 4.69) is 10.3 Å². The largest absolute Gasteiger partial charge is 0.368 e. The Morgan fingerprint density at radius 3 is 2.79 bits per heavy atom. The molecule has 4 nitrogen and oxygen atoms in total. The summed E-state index contributed by atoms with van der Waals surface area (Å²) >= 11 is 1.56. The van der Waals surface area contributed by atoms with Gasteiger partial charge in [0, 0.05) is 11.6 Å². The molecule has 0 bridgehead atoms. The number of thiazole rings is 1. The quantitative estimate of drug-likeness (QED) is 0.779. The summed E-state index contributed by atoms with van der Waals surface area (Å²) in [5.74, 6) is -0.352. The first kappa shape index (κ1) is 11.1. The maximum atomic E-state index is 10.9. The van der Waals surface area contributed by atoms with Crippen molar-refractivity contribution in [3.63, 3.8) is 0 Å². The minimum absolute atomic E-state index is 0.317. The second-order valence-electron chi connectivity index (χ2n) is 3.73. The average Bonchev–Trinajstić information content (AvgIpc) is 2.54. The van der Waals surface area contributed by atoms with Crippen LogP contribution in [0, 0.1) is 0 Å². The third-order valence-corrected chi connectivity index (χ3v) is 3.07. The predicted molar refractivity (Wildman–Crippen MR) is 56.9 cm³/mol. The van der Waals surface area contributed by atoms with E-state index >= 15 is 0 Å². The van der Waals surface area contributed by atoms with Crippen LogP contribution in [0.15, 0.2) is 11.6 Å². The first-order valence-electron chi connectivity index (χ1n) is 4.40. The standard InChI is InChI=1S/C9H15N3OS/c1-6(7(10)13)12-9(2,3)8-11-4-5-14-8/h4-6,12H,1-3H3,(H2,10,13). The molecule has 0 saturated carbocycles. The summed E-state index contributed by atoms with van der Waals surface area (Å²) in [7, 11) is 0. The Labute approximate surface area is 87.5 Å². The fraction of sp³-hybridized carbons (Fsp3) is 0.556. The minimum Gasteiger partial charge on any atom is -0.368 e. The van der Waals surface area contributed by atoms with Crippen molar-refractivity contribution >= 4 is 17.2 Å². The lowest BCUT2D eigenvalue weighted by Crippen LogP contribution is -2.48. The van der Waals surface area contributed by atoms with E-state index in [1.54, 1.807) is 24.5 Å². The van der Waals surface area contributed by atoms with Gasteiger partial charge in [0.05, 0.1) is 11.6 Å². The molecule has 0 aromatic carbocycles. The Morgan fingerprint density at radius 2 is 2.36 bits per heavy atom. The molecule has 0 radical (unpaired) electrons. The third-order valence-electron chi connectivity index (χ3n) is 1.97. The van der Waals surface area contributed by atoms with Crippen LogP contribution < -0.4 is 11.1 Å². The van der Waals surface area contributed by atoms with E-state index in [1.807, 2.05) is 19.2 Å². The highest BCUT2D eigenvalue weighted by Crippen LogP contribution is 2.22. The number of aromatic nitrogens is 1. The lowest BCUT2D eigenvalue weighted by Gasteiger charge is -2.26. The Kier molecular flexibility index (Phi) is 3.23. The van der Waals surface area contributed by atoms with E-state index in [1.165, 1.54) is 0 Å². The highest BCUT2D eigenvalue weighted by molar-refractivity contribution is 7.09. The van der Waals surface area contributed by atoms with Crippen LogP contribution in [-0.2, 0) is 10.3 Å². The summed E-state index contributed by atoms with van der Waals surface area (Å²) in [6.45, 7) is 5.70. The molecule has 1 aromatic rings. The van der Waals surface area contributed by atoms with Gasteiger partial charge in [-0.15, -0.1) is 11.3 Å². The van der Waals surface area contributed by atoms with E-state index in [-0.39, 0.29) is 17.5 Å². The molecule has 0 aliphatic carbocycles. The Hall–Kier alpha value is -0.940. The second-order valence-corrected chi connectivity index (χ2v) is 4.63. The Bertz CT molecular complexity index is 308. The topological polar surface area (TPSA) is 68.0 Å². The van der Waals surface area contributed by atoms with Gasteiger partial charge in [0.25, 0.3) is 0 Å². The molecule has 0 saturated heterocycles. The van der Waals surface area contributed by atoms with E-state index in [4.69, 9.17) is 5.73 Å². The van der Waals surface area contributed by atoms with E-state index in [9.17, 15) is 4.79 Å². The van der Waals surface area contributed by atoms with Gasteiger partial charge in [0.2, 0.25) is 5.91 Å². The number of primary amides is 1. The number of amides is 1. The Morgan fingerprint density at radius 1 is 1.71 bits per heavy atom. The summed E-state index contributed by atoms with van der Waals surface area (Å²) in [6, 6.07) is -0.353. The zero-order valence-electron chi connectivity index (χ0n) is 8.57. The summed E-state index contributed by atoms with van der Waals surface area (Å²) in [6.07, 6.45) is 1.75. The molecule has 0 aliphatic rings. The number of nitrogens with one attached hydrogen (secondary N) is 1. The molecule has 78 valence electrons. The zero-order valence-corrected chi connectivity index (χ0v) is 9.39. The molecule has 1 heterocycles. The molecule has 0 fully saturated rings. The van der Waals surface area contributed by atoms with Gasteiger partial charge < -0.3 is 5.73 Å². The maximum Gasteiger partial charge on any atom is 0.234 e. The van der Waals surface area contributed by atoms with Gasteiger partial charge in [-0.2, -0.15) is 0 Å². The monoisotopic (exact) mass is 213 g/mol. The molecule has 0 aliphatic heterocycles. The highest BCUT2D eigenvalue weighted by atomic mass is 32.1. The van der Waals surface area contributed by atoms with Gasteiger partial charge in [0.1, 0.15) is 5.01 Å². The number of hydrogen-bond donors (Lipinski definition) is 2. The maximum absolute atomic E-state index is 10.9. The predicted octanol–water partition coefficient (Wildman–Crippen LogP) is 0.842. The first-order chi connectivity index (χ1) is 6.43. The SMILES string of the molecule is CC(NC(C)(C)c1nccs1)C(N)=O. The van der Waals surface area contributed by atoms with Gasteiger partial charge >= 0.3 is 0 Å². The number of hydrogen-bond acceptors (Lipinski definition) is 4. The average molecular weight is 213 g/mol. The van der Waals surface area contributed by atoms with Crippen molar-refractivity contribution in [2.75, 3.05) is 0 Å². The van der Waals surface area contributed by atoms with Gasteiger partial charge in [0.15, 0.2) is 0 Å². The number of nitrogens with zero attached hydrogens (tertiary/aromatic N) is 1. The lowest BCUT2D eigenvalue weighted by molar-refractivity contribution is -0.120. The van der Waals surface area contributed by atoms with Crippen LogP contribution in [0.4, 0.5) is 0 Å². The summed E-state index contributed by atoms with van der Waals surface area (Å²) in [4.78, 5) is 15.1. The van der Waals surface area contributed by atoms with Crippen molar-refractivity contribution in [1.82, 2.24) is 10.3 Å². The van der Waals surface area contributed by atoms with Crippen LogP contribution in [-0.4, -0.2) is 16.9 Å². The molecule has 1 aromatic heterocycles. The molecule has 1 unspecified atom stereocenters. The number of carbonyl (C=O) groups excluding carboxylic acids is 1. The smallest absolute Gasteiger partial charge is 0.234 e. The van der Waals surface area contributed by atoms with Crippen molar-refractivity contribution in [3.8, 4) is 0 Å². The summed E-state index contributed by atoms with van der Waals surface area (Å²) in [5, 5.41) is 5.99. The fourth-order valence-electron chi connectivity index (χ4n) is 1.21. The van der Waals surface area contributed by atoms with Crippen molar-refractivity contribution in [2.45, 2.75) is 32.4 Å². The molecule has 3 N–H and O–H groups in total. The summed E-state index contributed by atoms with van der Waals surface area (Å²) in [5.41, 5.74) is 4.86. The molecule has 14 heavy (non-hydrogen) atoms. The molecular weight excluding hydrogens is 198 g/mol. The van der Waals surface area contributed by atoms with E-state index < -0.39 is 0 Å². The van der Waals surface area contributed by atoms with Crippen LogP contribution in [0.25, 0.3) is 0 Å². The van der Waals surface area contributed by atoms with Crippen molar-refractivity contribution in [1.29, 1.82) is 0 Å². The fourth-order valence-corrected chi connectivity index (χ4v) is 1.93. The van der Waals surface area contributed by atoms with Crippen molar-refractivity contribution in [3.05, 3.63) is 16.6 Å². The summed E-state index contributed by atoms with van der Waals surface area (Å²) < 4.78 is 0. The van der Waals surface area contributed by atoms with Crippen molar-refractivity contribution in [2.24, 2.45) is 5.73 Å². The first-order valence-corrected chi connectivity index (χ1v) is 5.28. The van der Waals surface area contributed by atoms with E-state index in [0.717, 1.165) is 5.01 Å². The zero-order chi connectivity index (χ0) is 10.8. The molecule has 1 atom stereocenters. The molecule has 0 spiro atoms. The van der Waals surface area contributed by atoms with Crippen LogP contribution in [0.3, 0.4) is 0 Å². The third kappa shape index (κ3) is 2.52. The Balaban J connectivity index is 2.72. The van der Waals surface area contributed by atoms with Crippen LogP contribution in [0.2, 0.25) is 0 Å². The van der Waals surface area contributed by atoms with E-state index in [0.29, 0.717) is 0 Å². The molecule has 5 heteroatoms. The molecule has 1 amide bonds. The number of nitrogens with two attached hydrogens (primary N) is 1. The van der Waals surface area contributed by atoms with Gasteiger partial charge in [-0.25, -0.2) is 4.98 Å². The highest BCUT2D eigenvalue weighted by Gasteiger charge is 2.26. The number of carbonyl (C=O) groups is 1. The normalized spacial score (nSPS) is 13.9. The van der Waals surface area contributed by atoms with Crippen LogP contribution in [0.5, 0.6) is 0 Å². The van der Waals surface area contributed by atoms with Crippen molar-refractivity contribution < 1.29 is 4.79 Å². The molecule has 1 rings (SSSR count).